The number of rotatable bonds is 5. The number of carbonyl (C=O) groups excluding carboxylic acids is 1. The number of amides is 1. The van der Waals surface area contributed by atoms with Gasteiger partial charge in [-0.3, -0.25) is 9.69 Å². The van der Waals surface area contributed by atoms with Crippen molar-refractivity contribution in [3.8, 4) is 5.75 Å². The summed E-state index contributed by atoms with van der Waals surface area (Å²) in [7, 11) is 0. The minimum Gasteiger partial charge on any atom is -0.488 e. The number of nitrogens with zero attached hydrogens (tertiary/aromatic N) is 1. The number of halogens is 3. The van der Waals surface area contributed by atoms with E-state index in [0.29, 0.717) is 22.1 Å². The molecule has 0 N–H and O–H groups in total. The van der Waals surface area contributed by atoms with Crippen LogP contribution in [0.4, 0.5) is 10.1 Å². The van der Waals surface area contributed by atoms with Crippen molar-refractivity contribution in [1.82, 2.24) is 0 Å². The van der Waals surface area contributed by atoms with Gasteiger partial charge in [0.1, 0.15) is 23.5 Å². The quantitative estimate of drug-likeness (QED) is 0.402. The summed E-state index contributed by atoms with van der Waals surface area (Å²) >= 11 is 11.0. The molecule has 0 radical (unpaired) electrons. The maximum absolute atomic E-state index is 14.0. The van der Waals surface area contributed by atoms with Crippen LogP contribution in [0, 0.1) is 5.82 Å². The fraction of sp³-hybridized carbons (Fsp3) is 0.136. The maximum atomic E-state index is 14.0. The first-order valence-corrected chi connectivity index (χ1v) is 11.1. The largest absolute Gasteiger partial charge is 0.488 e. The highest BCUT2D eigenvalue weighted by atomic mass is 79.9. The summed E-state index contributed by atoms with van der Waals surface area (Å²) in [6.07, 6.45) is 0. The summed E-state index contributed by atoms with van der Waals surface area (Å²) in [4.78, 5) is 14.4. The van der Waals surface area contributed by atoms with Crippen molar-refractivity contribution >= 4 is 50.9 Å². The topological polar surface area (TPSA) is 29.5 Å². The maximum Gasteiger partial charge on any atom is 0.238 e. The van der Waals surface area contributed by atoms with Crippen LogP contribution >= 0.6 is 39.3 Å². The van der Waals surface area contributed by atoms with E-state index in [1.165, 1.54) is 17.8 Å². The fourth-order valence-corrected chi connectivity index (χ4v) is 4.85. The normalized spacial score (nSPS) is 16.3. The molecule has 1 fully saturated rings. The Kier molecular flexibility index (Phi) is 6.13. The van der Waals surface area contributed by atoms with Gasteiger partial charge in [-0.25, -0.2) is 4.39 Å². The zero-order chi connectivity index (χ0) is 20.4. The molecular weight excluding hydrogens is 477 g/mol. The summed E-state index contributed by atoms with van der Waals surface area (Å²) in [6.45, 7) is 0.105. The third-order valence-electron chi connectivity index (χ3n) is 4.55. The van der Waals surface area contributed by atoms with E-state index in [0.717, 1.165) is 15.7 Å². The molecule has 29 heavy (non-hydrogen) atoms. The number of hydrogen-bond donors (Lipinski definition) is 0. The molecule has 3 aromatic rings. The summed E-state index contributed by atoms with van der Waals surface area (Å²) in [6, 6.07) is 19.4. The van der Waals surface area contributed by atoms with Crippen LogP contribution in [0.5, 0.6) is 5.75 Å². The highest BCUT2D eigenvalue weighted by Gasteiger charge is 2.36. The van der Waals surface area contributed by atoms with Crippen molar-refractivity contribution in [2.45, 2.75) is 12.0 Å². The molecule has 1 aliphatic heterocycles. The molecule has 1 atom stereocenters. The lowest BCUT2D eigenvalue weighted by Crippen LogP contribution is -2.28. The molecule has 0 saturated carbocycles. The molecule has 3 aromatic carbocycles. The van der Waals surface area contributed by atoms with Crippen LogP contribution in [0.2, 0.25) is 5.02 Å². The smallest absolute Gasteiger partial charge is 0.238 e. The van der Waals surface area contributed by atoms with Crippen LogP contribution in [0.1, 0.15) is 16.5 Å². The molecule has 0 bridgehead atoms. The van der Waals surface area contributed by atoms with E-state index in [1.54, 1.807) is 35.2 Å². The number of thioether (sulfide) groups is 1. The monoisotopic (exact) mass is 491 g/mol. The second-order valence-electron chi connectivity index (χ2n) is 6.47. The van der Waals surface area contributed by atoms with E-state index in [4.69, 9.17) is 16.3 Å². The third-order valence-corrected chi connectivity index (χ3v) is 6.49. The van der Waals surface area contributed by atoms with Crippen molar-refractivity contribution in [3.63, 3.8) is 0 Å². The van der Waals surface area contributed by atoms with Gasteiger partial charge in [0.15, 0.2) is 0 Å². The van der Waals surface area contributed by atoms with Gasteiger partial charge < -0.3 is 4.74 Å². The van der Waals surface area contributed by atoms with E-state index >= 15 is 0 Å². The lowest BCUT2D eigenvalue weighted by atomic mass is 10.1. The summed E-state index contributed by atoms with van der Waals surface area (Å²) in [5.41, 5.74) is 2.10. The summed E-state index contributed by atoms with van der Waals surface area (Å²) in [5, 5.41) is 0.359. The molecule has 7 heteroatoms. The third kappa shape index (κ3) is 4.44. The minimum absolute atomic E-state index is 0.0161. The average molecular weight is 493 g/mol. The molecule has 0 spiro atoms. The van der Waals surface area contributed by atoms with Gasteiger partial charge in [0.05, 0.1) is 5.75 Å². The van der Waals surface area contributed by atoms with E-state index in [-0.39, 0.29) is 23.7 Å². The molecule has 0 aliphatic carbocycles. The van der Waals surface area contributed by atoms with Crippen molar-refractivity contribution < 1.29 is 13.9 Å². The molecule has 1 heterocycles. The predicted octanol–water partition coefficient (Wildman–Crippen LogP) is 6.60. The van der Waals surface area contributed by atoms with Crippen LogP contribution in [-0.4, -0.2) is 11.7 Å². The molecule has 1 aliphatic rings. The van der Waals surface area contributed by atoms with Gasteiger partial charge in [0.2, 0.25) is 5.91 Å². The first-order valence-electron chi connectivity index (χ1n) is 8.88. The molecule has 1 saturated heterocycles. The van der Waals surface area contributed by atoms with Gasteiger partial charge in [0.25, 0.3) is 0 Å². The van der Waals surface area contributed by atoms with Gasteiger partial charge in [-0.2, -0.15) is 0 Å². The number of hydrogen-bond acceptors (Lipinski definition) is 3. The van der Waals surface area contributed by atoms with Crippen molar-refractivity contribution in [2.75, 3.05) is 10.7 Å². The van der Waals surface area contributed by atoms with Crippen molar-refractivity contribution in [2.24, 2.45) is 0 Å². The first kappa shape index (κ1) is 20.3. The Morgan fingerprint density at radius 1 is 1.14 bits per heavy atom. The highest BCUT2D eigenvalue weighted by Crippen LogP contribution is 2.45. The van der Waals surface area contributed by atoms with Crippen LogP contribution in [0.25, 0.3) is 0 Å². The van der Waals surface area contributed by atoms with Crippen molar-refractivity contribution in [3.05, 3.63) is 93.2 Å². The molecular formula is C22H16BrClFNO2S. The number of carbonyl (C=O) groups is 1. The zero-order valence-electron chi connectivity index (χ0n) is 15.1. The van der Waals surface area contributed by atoms with E-state index in [9.17, 15) is 9.18 Å². The Bertz CT molecular complexity index is 1050. The minimum atomic E-state index is -0.306. The zero-order valence-corrected chi connectivity index (χ0v) is 18.3. The van der Waals surface area contributed by atoms with Crippen LogP contribution < -0.4 is 9.64 Å². The fourth-order valence-electron chi connectivity index (χ4n) is 3.15. The number of benzene rings is 3. The Hall–Kier alpha value is -2.02. The van der Waals surface area contributed by atoms with E-state index in [2.05, 4.69) is 15.9 Å². The second-order valence-corrected chi connectivity index (χ2v) is 8.89. The Labute approximate surface area is 185 Å². The van der Waals surface area contributed by atoms with Gasteiger partial charge >= 0.3 is 0 Å². The first-order chi connectivity index (χ1) is 14.0. The predicted molar refractivity (Wildman–Crippen MR) is 119 cm³/mol. The van der Waals surface area contributed by atoms with Gasteiger partial charge in [-0.05, 0) is 48.5 Å². The van der Waals surface area contributed by atoms with E-state index in [1.807, 2.05) is 30.3 Å². The Morgan fingerprint density at radius 3 is 2.66 bits per heavy atom. The lowest BCUT2D eigenvalue weighted by Gasteiger charge is -2.26. The summed E-state index contributed by atoms with van der Waals surface area (Å²) in [5.74, 6) is 0.691. The SMILES string of the molecule is O=C1CS[C@H](c2cc(Br)ccc2OCc2ccccc2F)N1c1ccc(Cl)cc1. The van der Waals surface area contributed by atoms with E-state index < -0.39 is 0 Å². The van der Waals surface area contributed by atoms with Crippen molar-refractivity contribution in [1.29, 1.82) is 0 Å². The van der Waals surface area contributed by atoms with Crippen LogP contribution in [0.15, 0.2) is 71.2 Å². The Morgan fingerprint density at radius 2 is 1.90 bits per heavy atom. The molecule has 3 nitrogen and oxygen atoms in total. The lowest BCUT2D eigenvalue weighted by molar-refractivity contribution is -0.115. The molecule has 0 unspecified atom stereocenters. The second kappa shape index (κ2) is 8.78. The molecule has 0 aromatic heterocycles. The van der Waals surface area contributed by atoms with Gasteiger partial charge in [-0.1, -0.05) is 45.7 Å². The number of anilines is 1. The average Bonchev–Trinajstić information content (AvgIpc) is 3.10. The molecule has 4 rings (SSSR count). The highest BCUT2D eigenvalue weighted by molar-refractivity contribution is 9.10. The number of ether oxygens (including phenoxy) is 1. The Balaban J connectivity index is 1.66. The van der Waals surface area contributed by atoms with Gasteiger partial charge in [-0.15, -0.1) is 11.8 Å². The molecule has 148 valence electrons. The standard InChI is InChI=1S/C22H16BrClFNO2S/c23-15-5-10-20(28-12-14-3-1-2-4-19(14)25)18(11-15)22-26(21(27)13-29-22)17-8-6-16(24)7-9-17/h1-11,22H,12-13H2/t22-/m1/s1. The van der Waals surface area contributed by atoms with Crippen LogP contribution in [-0.2, 0) is 11.4 Å². The molecule has 1 amide bonds. The summed E-state index contributed by atoms with van der Waals surface area (Å²) < 4.78 is 20.8. The van der Waals surface area contributed by atoms with Gasteiger partial charge in [0, 0.05) is 26.3 Å². The van der Waals surface area contributed by atoms with Crippen LogP contribution in [0.3, 0.4) is 0 Å².